The van der Waals surface area contributed by atoms with Crippen molar-refractivity contribution in [3.05, 3.63) is 6.20 Å². The molecule has 1 aliphatic carbocycles. The van der Waals surface area contributed by atoms with Gasteiger partial charge in [-0.15, -0.1) is 0 Å². The van der Waals surface area contributed by atoms with Crippen molar-refractivity contribution in [3.8, 4) is 0 Å². The maximum atomic E-state index is 4.72. The van der Waals surface area contributed by atoms with Crippen LogP contribution in [0.1, 0.15) is 26.2 Å². The second-order valence-corrected chi connectivity index (χ2v) is 5.89. The van der Waals surface area contributed by atoms with Crippen molar-refractivity contribution in [3.63, 3.8) is 0 Å². The van der Waals surface area contributed by atoms with Gasteiger partial charge in [-0.1, -0.05) is 6.42 Å². The van der Waals surface area contributed by atoms with E-state index < -0.39 is 0 Å². The van der Waals surface area contributed by atoms with Crippen LogP contribution in [0.25, 0.3) is 11.0 Å². The second kappa shape index (κ2) is 4.61. The number of anilines is 2. The molecule has 106 valence electrons. The molecular weight excluding hydrogens is 252 g/mol. The van der Waals surface area contributed by atoms with Crippen LogP contribution in [0, 0.1) is 11.8 Å². The average Bonchev–Trinajstić information content (AvgIpc) is 3.12. The van der Waals surface area contributed by atoms with Crippen molar-refractivity contribution in [2.24, 2.45) is 11.8 Å². The third kappa shape index (κ3) is 1.82. The molecule has 2 atom stereocenters. The maximum absolute atomic E-state index is 4.72. The predicted molar refractivity (Wildman–Crippen MR) is 78.9 cm³/mol. The van der Waals surface area contributed by atoms with Gasteiger partial charge in [-0.3, -0.25) is 5.10 Å². The van der Waals surface area contributed by atoms with Gasteiger partial charge in [0.2, 0.25) is 5.95 Å². The van der Waals surface area contributed by atoms with Gasteiger partial charge >= 0.3 is 0 Å². The summed E-state index contributed by atoms with van der Waals surface area (Å²) in [5.74, 6) is 3.44. The normalized spacial score (nSPS) is 25.4. The smallest absolute Gasteiger partial charge is 0.226 e. The molecule has 6 nitrogen and oxygen atoms in total. The van der Waals surface area contributed by atoms with E-state index in [1.54, 1.807) is 0 Å². The topological polar surface area (TPSA) is 69.7 Å². The average molecular weight is 272 g/mol. The second-order valence-electron chi connectivity index (χ2n) is 5.89. The largest absolute Gasteiger partial charge is 0.355 e. The number of rotatable bonds is 3. The van der Waals surface area contributed by atoms with Gasteiger partial charge in [0.25, 0.3) is 0 Å². The lowest BCUT2D eigenvalue weighted by Crippen LogP contribution is -2.22. The summed E-state index contributed by atoms with van der Waals surface area (Å²) in [6.07, 6.45) is 5.99. The Kier molecular flexibility index (Phi) is 2.75. The van der Waals surface area contributed by atoms with E-state index in [-0.39, 0.29) is 0 Å². The monoisotopic (exact) mass is 272 g/mol. The van der Waals surface area contributed by atoms with E-state index in [9.17, 15) is 0 Å². The lowest BCUT2D eigenvalue weighted by Gasteiger charge is -2.19. The number of aromatic amines is 1. The summed E-state index contributed by atoms with van der Waals surface area (Å²) in [7, 11) is 0. The van der Waals surface area contributed by atoms with Gasteiger partial charge in [0.1, 0.15) is 5.82 Å². The fourth-order valence-corrected chi connectivity index (χ4v) is 3.71. The van der Waals surface area contributed by atoms with Gasteiger partial charge in [-0.2, -0.15) is 15.1 Å². The van der Waals surface area contributed by atoms with Crippen LogP contribution in [-0.2, 0) is 0 Å². The first-order valence-electron chi connectivity index (χ1n) is 7.55. The third-order valence-electron chi connectivity index (χ3n) is 4.65. The lowest BCUT2D eigenvalue weighted by atomic mass is 10.0. The Bertz CT molecular complexity index is 609. The van der Waals surface area contributed by atoms with E-state index in [0.29, 0.717) is 5.95 Å². The summed E-state index contributed by atoms with van der Waals surface area (Å²) >= 11 is 0. The van der Waals surface area contributed by atoms with E-state index >= 15 is 0 Å². The molecule has 2 unspecified atom stereocenters. The molecule has 20 heavy (non-hydrogen) atoms. The van der Waals surface area contributed by atoms with Crippen molar-refractivity contribution in [1.82, 2.24) is 20.2 Å². The van der Waals surface area contributed by atoms with Crippen molar-refractivity contribution in [2.75, 3.05) is 29.9 Å². The van der Waals surface area contributed by atoms with Crippen molar-refractivity contribution < 1.29 is 0 Å². The molecule has 0 amide bonds. The summed E-state index contributed by atoms with van der Waals surface area (Å²) in [6, 6.07) is 0. The van der Waals surface area contributed by atoms with Gasteiger partial charge in [-0.05, 0) is 31.6 Å². The van der Waals surface area contributed by atoms with Crippen LogP contribution in [0.5, 0.6) is 0 Å². The molecule has 2 fully saturated rings. The summed E-state index contributed by atoms with van der Waals surface area (Å²) in [6.45, 7) is 5.14. The zero-order valence-corrected chi connectivity index (χ0v) is 11.8. The highest BCUT2D eigenvalue weighted by molar-refractivity contribution is 5.87. The number of nitrogens with one attached hydrogen (secondary N) is 2. The molecule has 0 radical (unpaired) electrons. The van der Waals surface area contributed by atoms with Gasteiger partial charge < -0.3 is 10.2 Å². The Morgan fingerprint density at radius 1 is 1.30 bits per heavy atom. The Morgan fingerprint density at radius 2 is 2.10 bits per heavy atom. The highest BCUT2D eigenvalue weighted by Crippen LogP contribution is 2.40. The molecule has 3 heterocycles. The molecule has 2 aliphatic rings. The van der Waals surface area contributed by atoms with Crippen LogP contribution in [-0.4, -0.2) is 39.8 Å². The zero-order chi connectivity index (χ0) is 13.5. The van der Waals surface area contributed by atoms with E-state index in [1.165, 1.54) is 19.3 Å². The minimum absolute atomic E-state index is 0.691. The van der Waals surface area contributed by atoms with Crippen LogP contribution in [0.15, 0.2) is 6.20 Å². The molecule has 1 aliphatic heterocycles. The Balaban J connectivity index is 1.72. The van der Waals surface area contributed by atoms with Crippen molar-refractivity contribution in [2.45, 2.75) is 26.2 Å². The van der Waals surface area contributed by atoms with Crippen LogP contribution in [0.2, 0.25) is 0 Å². The first-order chi connectivity index (χ1) is 9.85. The highest BCUT2D eigenvalue weighted by atomic mass is 15.3. The third-order valence-corrected chi connectivity index (χ3v) is 4.65. The van der Waals surface area contributed by atoms with Gasteiger partial charge in [0.05, 0.1) is 11.6 Å². The van der Waals surface area contributed by atoms with Crippen molar-refractivity contribution >= 4 is 22.8 Å². The fourth-order valence-electron chi connectivity index (χ4n) is 3.71. The molecule has 0 spiro atoms. The predicted octanol–water partition coefficient (Wildman–Crippen LogP) is 2.02. The maximum Gasteiger partial charge on any atom is 0.226 e. The van der Waals surface area contributed by atoms with E-state index in [0.717, 1.165) is 48.3 Å². The summed E-state index contributed by atoms with van der Waals surface area (Å²) in [4.78, 5) is 11.6. The molecule has 1 saturated heterocycles. The summed E-state index contributed by atoms with van der Waals surface area (Å²) in [5.41, 5.74) is 0.822. The molecule has 0 bridgehead atoms. The van der Waals surface area contributed by atoms with Crippen LogP contribution in [0.4, 0.5) is 11.8 Å². The SMILES string of the molecule is CCNc1nc(N2CC3CCCC3C2)c2cn[nH]c2n1. The first-order valence-corrected chi connectivity index (χ1v) is 7.55. The molecule has 0 aromatic carbocycles. The quantitative estimate of drug-likeness (QED) is 0.894. The van der Waals surface area contributed by atoms with Gasteiger partial charge in [-0.25, -0.2) is 0 Å². The molecule has 4 rings (SSSR count). The number of aromatic nitrogens is 4. The number of nitrogens with zero attached hydrogens (tertiary/aromatic N) is 4. The number of hydrogen-bond donors (Lipinski definition) is 2. The Morgan fingerprint density at radius 3 is 2.85 bits per heavy atom. The van der Waals surface area contributed by atoms with Gasteiger partial charge in [0, 0.05) is 19.6 Å². The molecular formula is C14H20N6. The molecule has 2 N–H and O–H groups in total. The highest BCUT2D eigenvalue weighted by Gasteiger charge is 2.37. The summed E-state index contributed by atoms with van der Waals surface area (Å²) in [5, 5.41) is 11.3. The van der Waals surface area contributed by atoms with E-state index in [2.05, 4.69) is 32.3 Å². The molecule has 6 heteroatoms. The van der Waals surface area contributed by atoms with Crippen LogP contribution < -0.4 is 10.2 Å². The standard InChI is InChI=1S/C14H20N6/c1-2-15-14-17-12-11(6-16-19-12)13(18-14)20-7-9-4-3-5-10(9)8-20/h6,9-10H,2-5,7-8H2,1H3,(H2,15,16,17,18,19). The zero-order valence-electron chi connectivity index (χ0n) is 11.8. The lowest BCUT2D eigenvalue weighted by molar-refractivity contribution is 0.494. The van der Waals surface area contributed by atoms with Crippen LogP contribution >= 0.6 is 0 Å². The van der Waals surface area contributed by atoms with Gasteiger partial charge in [0.15, 0.2) is 5.65 Å². The van der Waals surface area contributed by atoms with E-state index in [4.69, 9.17) is 4.98 Å². The number of fused-ring (bicyclic) bond motifs is 2. The fraction of sp³-hybridized carbons (Fsp3) is 0.643. The molecule has 2 aromatic heterocycles. The number of hydrogen-bond acceptors (Lipinski definition) is 5. The first kappa shape index (κ1) is 11.9. The minimum atomic E-state index is 0.691. The molecule has 1 saturated carbocycles. The van der Waals surface area contributed by atoms with Crippen LogP contribution in [0.3, 0.4) is 0 Å². The Labute approximate surface area is 118 Å². The van der Waals surface area contributed by atoms with E-state index in [1.807, 2.05) is 6.20 Å². The Hall–Kier alpha value is -1.85. The minimum Gasteiger partial charge on any atom is -0.355 e. The molecule has 2 aromatic rings. The van der Waals surface area contributed by atoms with Crippen molar-refractivity contribution in [1.29, 1.82) is 0 Å². The number of H-pyrrole nitrogens is 1. The summed E-state index contributed by atoms with van der Waals surface area (Å²) < 4.78 is 0.